The lowest BCUT2D eigenvalue weighted by molar-refractivity contribution is -0.650. The van der Waals surface area contributed by atoms with Crippen molar-refractivity contribution < 1.29 is 35.8 Å². The van der Waals surface area contributed by atoms with Crippen LogP contribution in [0, 0.1) is 45.3 Å². The molecule has 0 atom stereocenters. The summed E-state index contributed by atoms with van der Waals surface area (Å²) in [5.74, 6) is -11.1. The molecule has 0 bridgehead atoms. The smallest absolute Gasteiger partial charge is 0.302 e. The molecule has 0 N–H and O–H groups in total. The van der Waals surface area contributed by atoms with Crippen LogP contribution in [0.2, 0.25) is 0 Å². The van der Waals surface area contributed by atoms with Crippen molar-refractivity contribution in [1.29, 1.82) is 0 Å². The third-order valence-corrected chi connectivity index (χ3v) is 4.56. The summed E-state index contributed by atoms with van der Waals surface area (Å²) in [5, 5.41) is 20.4. The molecule has 0 spiro atoms. The van der Waals surface area contributed by atoms with Gasteiger partial charge in [0, 0.05) is 21.6 Å². The molecule has 0 aliphatic heterocycles. The summed E-state index contributed by atoms with van der Waals surface area (Å²) in [6.07, 6.45) is 0.155. The van der Waals surface area contributed by atoms with Gasteiger partial charge in [-0.15, -0.1) is 0 Å². The molecule has 4 nitrogen and oxygen atoms in total. The van der Waals surface area contributed by atoms with Crippen molar-refractivity contribution in [2.45, 2.75) is 10.1 Å². The monoisotopic (exact) mass is 360 g/mol. The lowest BCUT2D eigenvalue weighted by Gasteiger charge is -2.07. The van der Waals surface area contributed by atoms with E-state index in [0.717, 1.165) is 0 Å². The van der Waals surface area contributed by atoms with Gasteiger partial charge < -0.3 is 10.4 Å². The number of pyridine rings is 2. The fourth-order valence-corrected chi connectivity index (χ4v) is 3.34. The molecule has 0 saturated carbocycles. The standard InChI is InChI=1S/C10H2F6N2O2S2/c11-3-1-17(19)9(7(15)5(3)13)21-22-10-8(16)6(14)4(12)2-18(10)20/h1-2H. The Morgan fingerprint density at radius 3 is 1.27 bits per heavy atom. The lowest BCUT2D eigenvalue weighted by atomic mass is 10.4. The first-order chi connectivity index (χ1) is 10.2. The average molecular weight is 360 g/mol. The summed E-state index contributed by atoms with van der Waals surface area (Å²) < 4.78 is 77.5. The number of halogens is 6. The van der Waals surface area contributed by atoms with E-state index in [2.05, 4.69) is 0 Å². The second-order valence-corrected chi connectivity index (χ2v) is 5.75. The maximum atomic E-state index is 13.4. The predicted octanol–water partition coefficient (Wildman–Crippen LogP) is 2.59. The van der Waals surface area contributed by atoms with Crippen LogP contribution in [0.5, 0.6) is 0 Å². The zero-order chi connectivity index (χ0) is 16.6. The van der Waals surface area contributed by atoms with Crippen LogP contribution in [0.1, 0.15) is 0 Å². The highest BCUT2D eigenvalue weighted by molar-refractivity contribution is 8.76. The molecule has 2 rings (SSSR count). The normalized spacial score (nSPS) is 11.0. The number of nitrogens with zero attached hydrogens (tertiary/aromatic N) is 2. The van der Waals surface area contributed by atoms with Crippen molar-refractivity contribution >= 4 is 21.6 Å². The molecule has 0 aromatic carbocycles. The first kappa shape index (κ1) is 16.5. The molecule has 12 heteroatoms. The lowest BCUT2D eigenvalue weighted by Crippen LogP contribution is -2.33. The highest BCUT2D eigenvalue weighted by Gasteiger charge is 2.29. The Hall–Kier alpha value is -1.82. The predicted molar refractivity (Wildman–Crippen MR) is 62.3 cm³/mol. The van der Waals surface area contributed by atoms with Gasteiger partial charge in [-0.25, -0.2) is 0 Å². The zero-order valence-electron chi connectivity index (χ0n) is 9.95. The van der Waals surface area contributed by atoms with Crippen LogP contribution in [-0.2, 0) is 0 Å². The van der Waals surface area contributed by atoms with E-state index < -0.39 is 54.4 Å². The van der Waals surface area contributed by atoms with Crippen molar-refractivity contribution in [3.8, 4) is 0 Å². The fourth-order valence-electron chi connectivity index (χ4n) is 1.25. The van der Waals surface area contributed by atoms with E-state index in [1.165, 1.54) is 0 Å². The van der Waals surface area contributed by atoms with E-state index in [9.17, 15) is 36.8 Å². The van der Waals surface area contributed by atoms with Gasteiger partial charge >= 0.3 is 10.1 Å². The van der Waals surface area contributed by atoms with Crippen LogP contribution in [-0.4, -0.2) is 0 Å². The largest absolute Gasteiger partial charge is 0.618 e. The minimum absolute atomic E-state index is 0.0280. The molecule has 2 aromatic rings. The quantitative estimate of drug-likeness (QED) is 0.365. The fraction of sp³-hybridized carbons (Fsp3) is 0. The molecule has 2 aromatic heterocycles. The van der Waals surface area contributed by atoms with Crippen LogP contribution in [0.15, 0.2) is 22.4 Å². The zero-order valence-corrected chi connectivity index (χ0v) is 11.6. The topological polar surface area (TPSA) is 53.9 Å². The SMILES string of the molecule is [O-][n+]1cc(F)c(F)c(F)c1SSc1c(F)c(F)c(F)c[n+]1[O-]. The van der Waals surface area contributed by atoms with Crippen molar-refractivity contribution in [2.24, 2.45) is 0 Å². The van der Waals surface area contributed by atoms with Crippen LogP contribution in [0.4, 0.5) is 26.3 Å². The maximum absolute atomic E-state index is 13.4. The molecule has 0 radical (unpaired) electrons. The molecule has 0 aliphatic rings. The van der Waals surface area contributed by atoms with Gasteiger partial charge in [0.25, 0.3) is 0 Å². The number of rotatable bonds is 3. The maximum Gasteiger partial charge on any atom is 0.302 e. The molecule has 0 unspecified atom stereocenters. The Balaban J connectivity index is 2.36. The van der Waals surface area contributed by atoms with Crippen LogP contribution >= 0.6 is 21.6 Å². The molecule has 22 heavy (non-hydrogen) atoms. The van der Waals surface area contributed by atoms with E-state index in [1.807, 2.05) is 0 Å². The number of hydrogen-bond donors (Lipinski definition) is 0. The summed E-state index contributed by atoms with van der Waals surface area (Å²) in [5.41, 5.74) is 0. The average Bonchev–Trinajstić information content (AvgIpc) is 2.45. The highest BCUT2D eigenvalue weighted by Crippen LogP contribution is 2.37. The van der Waals surface area contributed by atoms with Crippen molar-refractivity contribution in [2.75, 3.05) is 0 Å². The Bertz CT molecular complexity index is 698. The highest BCUT2D eigenvalue weighted by atomic mass is 33.1. The van der Waals surface area contributed by atoms with E-state index >= 15 is 0 Å². The summed E-state index contributed by atoms with van der Waals surface area (Å²) in [6, 6.07) is 0. The van der Waals surface area contributed by atoms with Gasteiger partial charge in [0.1, 0.15) is 0 Å². The molecule has 0 saturated heterocycles. The van der Waals surface area contributed by atoms with Gasteiger partial charge in [-0.05, 0) is 0 Å². The summed E-state index contributed by atoms with van der Waals surface area (Å²) in [6.45, 7) is 0. The van der Waals surface area contributed by atoms with Crippen molar-refractivity contribution in [3.05, 3.63) is 57.7 Å². The summed E-state index contributed by atoms with van der Waals surface area (Å²) >= 11 is 0. The third kappa shape index (κ3) is 2.88. The second kappa shape index (κ2) is 6.12. The molecule has 0 fully saturated rings. The van der Waals surface area contributed by atoms with Gasteiger partial charge in [0.05, 0.1) is 0 Å². The Morgan fingerprint density at radius 2 is 0.955 bits per heavy atom. The van der Waals surface area contributed by atoms with Crippen LogP contribution in [0.25, 0.3) is 0 Å². The van der Waals surface area contributed by atoms with Gasteiger partial charge in [-0.1, -0.05) is 0 Å². The van der Waals surface area contributed by atoms with Crippen molar-refractivity contribution in [1.82, 2.24) is 0 Å². The number of aromatic nitrogens is 2. The first-order valence-corrected chi connectivity index (χ1v) is 7.26. The van der Waals surface area contributed by atoms with Gasteiger partial charge in [-0.2, -0.15) is 35.8 Å². The number of hydrogen-bond acceptors (Lipinski definition) is 4. The Kier molecular flexibility index (Phi) is 4.60. The summed E-state index contributed by atoms with van der Waals surface area (Å²) in [7, 11) is 0.0561. The summed E-state index contributed by atoms with van der Waals surface area (Å²) in [4.78, 5) is 0. The molecular weight excluding hydrogens is 358 g/mol. The van der Waals surface area contributed by atoms with Gasteiger partial charge in [0.2, 0.25) is 47.3 Å². The van der Waals surface area contributed by atoms with E-state index in [1.54, 1.807) is 0 Å². The van der Waals surface area contributed by atoms with Crippen LogP contribution < -0.4 is 9.46 Å². The molecule has 0 aliphatic carbocycles. The van der Waals surface area contributed by atoms with E-state index in [-0.39, 0.29) is 34.0 Å². The Morgan fingerprint density at radius 1 is 0.636 bits per heavy atom. The second-order valence-electron chi connectivity index (χ2n) is 3.64. The van der Waals surface area contributed by atoms with E-state index in [4.69, 9.17) is 0 Å². The van der Waals surface area contributed by atoms with Crippen molar-refractivity contribution in [3.63, 3.8) is 0 Å². The Labute approximate surface area is 125 Å². The molecule has 0 amide bonds. The van der Waals surface area contributed by atoms with Gasteiger partial charge in [-0.3, -0.25) is 0 Å². The van der Waals surface area contributed by atoms with Crippen LogP contribution in [0.3, 0.4) is 0 Å². The molecule has 2 heterocycles. The molecule has 118 valence electrons. The van der Waals surface area contributed by atoms with Gasteiger partial charge in [0.15, 0.2) is 0 Å². The van der Waals surface area contributed by atoms with E-state index in [0.29, 0.717) is 0 Å². The molecular formula is C10H2F6N2O2S2. The third-order valence-electron chi connectivity index (χ3n) is 2.24. The minimum Gasteiger partial charge on any atom is -0.618 e. The minimum atomic E-state index is -1.95. The first-order valence-electron chi connectivity index (χ1n) is 5.11.